The van der Waals surface area contributed by atoms with Crippen LogP contribution in [0.15, 0.2) is 18.2 Å². The van der Waals surface area contributed by atoms with Crippen molar-refractivity contribution in [2.24, 2.45) is 11.8 Å². The molecule has 0 bridgehead atoms. The van der Waals surface area contributed by atoms with Gasteiger partial charge in [0.15, 0.2) is 5.78 Å². The van der Waals surface area contributed by atoms with Gasteiger partial charge in [-0.15, -0.1) is 0 Å². The van der Waals surface area contributed by atoms with Crippen LogP contribution < -0.4 is 4.74 Å². The SMILES string of the molecule is COc1ccc2c(c1)C(=O)C(C(=O)C1CC1)C2. The minimum absolute atomic E-state index is 0.0178. The molecule has 0 spiro atoms. The molecule has 3 heteroatoms. The Labute approximate surface area is 99.8 Å². The number of carbonyl (C=O) groups is 2. The van der Waals surface area contributed by atoms with Crippen LogP contribution in [0, 0.1) is 11.8 Å². The molecule has 1 saturated carbocycles. The van der Waals surface area contributed by atoms with Crippen molar-refractivity contribution in [3.05, 3.63) is 29.3 Å². The molecule has 1 atom stereocenters. The number of hydrogen-bond donors (Lipinski definition) is 0. The number of fused-ring (bicyclic) bond motifs is 1. The Balaban J connectivity index is 1.91. The number of methoxy groups -OCH3 is 1. The Hall–Kier alpha value is -1.64. The summed E-state index contributed by atoms with van der Waals surface area (Å²) < 4.78 is 5.11. The molecular weight excluding hydrogens is 216 g/mol. The Morgan fingerprint density at radius 2 is 2.12 bits per heavy atom. The van der Waals surface area contributed by atoms with E-state index in [0.29, 0.717) is 17.7 Å². The topological polar surface area (TPSA) is 43.4 Å². The molecule has 0 radical (unpaired) electrons. The molecule has 0 N–H and O–H groups in total. The van der Waals surface area contributed by atoms with E-state index in [4.69, 9.17) is 4.74 Å². The third-order valence-electron chi connectivity index (χ3n) is 3.65. The lowest BCUT2D eigenvalue weighted by Gasteiger charge is -2.04. The second-order valence-corrected chi connectivity index (χ2v) is 4.82. The Morgan fingerprint density at radius 1 is 1.35 bits per heavy atom. The highest BCUT2D eigenvalue weighted by molar-refractivity contribution is 6.15. The van der Waals surface area contributed by atoms with E-state index < -0.39 is 5.92 Å². The fourth-order valence-corrected chi connectivity index (χ4v) is 2.47. The van der Waals surface area contributed by atoms with Crippen LogP contribution in [0.5, 0.6) is 5.75 Å². The van der Waals surface area contributed by atoms with Crippen LogP contribution in [-0.2, 0) is 11.2 Å². The van der Waals surface area contributed by atoms with Crippen LogP contribution in [-0.4, -0.2) is 18.7 Å². The summed E-state index contributed by atoms with van der Waals surface area (Å²) in [5, 5.41) is 0. The van der Waals surface area contributed by atoms with Crippen molar-refractivity contribution in [3.8, 4) is 5.75 Å². The monoisotopic (exact) mass is 230 g/mol. The molecule has 2 aliphatic carbocycles. The summed E-state index contributed by atoms with van der Waals surface area (Å²) in [6.45, 7) is 0. The summed E-state index contributed by atoms with van der Waals surface area (Å²) in [6, 6.07) is 5.49. The van der Waals surface area contributed by atoms with E-state index in [1.54, 1.807) is 13.2 Å². The molecule has 3 nitrogen and oxygen atoms in total. The summed E-state index contributed by atoms with van der Waals surface area (Å²) in [5.41, 5.74) is 1.65. The molecular formula is C14H14O3. The minimum atomic E-state index is -0.426. The van der Waals surface area contributed by atoms with Gasteiger partial charge in [-0.25, -0.2) is 0 Å². The van der Waals surface area contributed by atoms with Gasteiger partial charge in [0.25, 0.3) is 0 Å². The molecule has 1 fully saturated rings. The van der Waals surface area contributed by atoms with Crippen molar-refractivity contribution >= 4 is 11.6 Å². The Morgan fingerprint density at radius 3 is 2.76 bits per heavy atom. The van der Waals surface area contributed by atoms with Crippen molar-refractivity contribution in [2.45, 2.75) is 19.3 Å². The highest BCUT2D eigenvalue weighted by atomic mass is 16.5. The predicted molar refractivity (Wildman–Crippen MR) is 62.2 cm³/mol. The number of Topliss-reactive ketones (excluding diaryl/α,β-unsaturated/α-hetero) is 2. The van der Waals surface area contributed by atoms with Crippen LogP contribution >= 0.6 is 0 Å². The standard InChI is InChI=1S/C14H14O3/c1-17-10-5-4-9-6-12(13(15)8-2-3-8)14(16)11(9)7-10/h4-5,7-8,12H,2-3,6H2,1H3. The first-order chi connectivity index (χ1) is 8.20. The van der Waals surface area contributed by atoms with E-state index in [0.717, 1.165) is 18.4 Å². The lowest BCUT2D eigenvalue weighted by atomic mass is 9.96. The van der Waals surface area contributed by atoms with E-state index in [9.17, 15) is 9.59 Å². The van der Waals surface area contributed by atoms with Gasteiger partial charge in [0.2, 0.25) is 0 Å². The molecule has 1 aromatic carbocycles. The maximum Gasteiger partial charge on any atom is 0.174 e. The first-order valence-electron chi connectivity index (χ1n) is 5.95. The average Bonchev–Trinajstić information content (AvgIpc) is 3.14. The van der Waals surface area contributed by atoms with E-state index in [2.05, 4.69) is 0 Å². The van der Waals surface area contributed by atoms with Crippen molar-refractivity contribution in [3.63, 3.8) is 0 Å². The normalized spacial score (nSPS) is 22.4. The van der Waals surface area contributed by atoms with Crippen molar-refractivity contribution < 1.29 is 14.3 Å². The maximum atomic E-state index is 12.2. The summed E-state index contributed by atoms with van der Waals surface area (Å²) in [5.74, 6) is 0.530. The van der Waals surface area contributed by atoms with Gasteiger partial charge in [0.1, 0.15) is 11.5 Å². The average molecular weight is 230 g/mol. The van der Waals surface area contributed by atoms with Crippen LogP contribution in [0.2, 0.25) is 0 Å². The zero-order valence-electron chi connectivity index (χ0n) is 9.73. The van der Waals surface area contributed by atoms with E-state index in [1.807, 2.05) is 12.1 Å². The maximum absolute atomic E-state index is 12.2. The predicted octanol–water partition coefficient (Wildman–Crippen LogP) is 2.03. The van der Waals surface area contributed by atoms with Gasteiger partial charge in [-0.1, -0.05) is 6.07 Å². The van der Waals surface area contributed by atoms with E-state index >= 15 is 0 Å². The molecule has 88 valence electrons. The molecule has 0 amide bonds. The van der Waals surface area contributed by atoms with Gasteiger partial charge in [0.05, 0.1) is 13.0 Å². The molecule has 0 aliphatic heterocycles. The van der Waals surface area contributed by atoms with Crippen LogP contribution in [0.25, 0.3) is 0 Å². The van der Waals surface area contributed by atoms with Crippen molar-refractivity contribution in [1.29, 1.82) is 0 Å². The van der Waals surface area contributed by atoms with Gasteiger partial charge in [-0.05, 0) is 37.0 Å². The second-order valence-electron chi connectivity index (χ2n) is 4.82. The third kappa shape index (κ3) is 1.66. The summed E-state index contributed by atoms with van der Waals surface area (Å²) >= 11 is 0. The van der Waals surface area contributed by atoms with Gasteiger partial charge >= 0.3 is 0 Å². The fraction of sp³-hybridized carbons (Fsp3) is 0.429. The molecule has 0 saturated heterocycles. The van der Waals surface area contributed by atoms with Gasteiger partial charge in [0, 0.05) is 11.5 Å². The van der Waals surface area contributed by atoms with Crippen molar-refractivity contribution in [1.82, 2.24) is 0 Å². The molecule has 0 heterocycles. The van der Waals surface area contributed by atoms with Crippen LogP contribution in [0.4, 0.5) is 0 Å². The van der Waals surface area contributed by atoms with E-state index in [1.165, 1.54) is 0 Å². The zero-order chi connectivity index (χ0) is 12.0. The first kappa shape index (κ1) is 10.5. The number of hydrogen-bond acceptors (Lipinski definition) is 3. The van der Waals surface area contributed by atoms with Gasteiger partial charge in [-0.3, -0.25) is 9.59 Å². The molecule has 3 rings (SSSR count). The zero-order valence-corrected chi connectivity index (χ0v) is 9.73. The third-order valence-corrected chi connectivity index (χ3v) is 3.65. The lowest BCUT2D eigenvalue weighted by molar-refractivity contribution is -0.122. The summed E-state index contributed by atoms with van der Waals surface area (Å²) in [6.07, 6.45) is 2.50. The second kappa shape index (κ2) is 3.69. The summed E-state index contributed by atoms with van der Waals surface area (Å²) in [4.78, 5) is 24.2. The number of rotatable bonds is 3. The molecule has 17 heavy (non-hydrogen) atoms. The van der Waals surface area contributed by atoms with Gasteiger partial charge < -0.3 is 4.74 Å². The Bertz CT molecular complexity index is 500. The highest BCUT2D eigenvalue weighted by Crippen LogP contribution is 2.38. The number of benzene rings is 1. The summed E-state index contributed by atoms with van der Waals surface area (Å²) in [7, 11) is 1.58. The quantitative estimate of drug-likeness (QED) is 0.746. The molecule has 1 aromatic rings. The number of ether oxygens (including phenoxy) is 1. The number of carbonyl (C=O) groups excluding carboxylic acids is 2. The number of ketones is 2. The minimum Gasteiger partial charge on any atom is -0.497 e. The van der Waals surface area contributed by atoms with Gasteiger partial charge in [-0.2, -0.15) is 0 Å². The van der Waals surface area contributed by atoms with E-state index in [-0.39, 0.29) is 17.5 Å². The fourth-order valence-electron chi connectivity index (χ4n) is 2.47. The highest BCUT2D eigenvalue weighted by Gasteiger charge is 2.42. The smallest absolute Gasteiger partial charge is 0.174 e. The molecule has 1 unspecified atom stereocenters. The lowest BCUT2D eigenvalue weighted by Crippen LogP contribution is -2.22. The van der Waals surface area contributed by atoms with Crippen LogP contribution in [0.1, 0.15) is 28.8 Å². The Kier molecular flexibility index (Phi) is 2.28. The molecule has 2 aliphatic rings. The van der Waals surface area contributed by atoms with Crippen LogP contribution in [0.3, 0.4) is 0 Å². The molecule has 0 aromatic heterocycles. The first-order valence-corrected chi connectivity index (χ1v) is 5.95. The van der Waals surface area contributed by atoms with Crippen molar-refractivity contribution in [2.75, 3.05) is 7.11 Å². The largest absolute Gasteiger partial charge is 0.497 e.